The van der Waals surface area contributed by atoms with Crippen molar-refractivity contribution in [2.24, 2.45) is 0 Å². The fourth-order valence-corrected chi connectivity index (χ4v) is 2.52. The van der Waals surface area contributed by atoms with E-state index in [0.717, 1.165) is 31.5 Å². The first-order valence-electron chi connectivity index (χ1n) is 7.43. The summed E-state index contributed by atoms with van der Waals surface area (Å²) in [4.78, 5) is 14.1. The molecule has 1 fully saturated rings. The number of methoxy groups -OCH3 is 2. The topological polar surface area (TPSA) is 38.8 Å². The molecule has 0 bridgehead atoms. The Bertz CT molecular complexity index is 503. The van der Waals surface area contributed by atoms with E-state index in [-0.39, 0.29) is 5.91 Å². The molecule has 1 aliphatic rings. The van der Waals surface area contributed by atoms with Crippen molar-refractivity contribution in [2.45, 2.75) is 25.7 Å². The Balaban J connectivity index is 2.04. The monoisotopic (exact) mass is 289 g/mol. The van der Waals surface area contributed by atoms with Crippen molar-refractivity contribution in [3.63, 3.8) is 0 Å². The summed E-state index contributed by atoms with van der Waals surface area (Å²) < 4.78 is 10.5. The average molecular weight is 289 g/mol. The van der Waals surface area contributed by atoms with Crippen LogP contribution < -0.4 is 9.47 Å². The van der Waals surface area contributed by atoms with Gasteiger partial charge in [0.1, 0.15) is 0 Å². The van der Waals surface area contributed by atoms with Gasteiger partial charge in [0, 0.05) is 19.2 Å². The number of likely N-dealkylation sites (tertiary alicyclic amines) is 1. The molecule has 1 heterocycles. The molecule has 1 aromatic rings. The summed E-state index contributed by atoms with van der Waals surface area (Å²) in [6, 6.07) is 5.62. The summed E-state index contributed by atoms with van der Waals surface area (Å²) >= 11 is 0. The summed E-state index contributed by atoms with van der Waals surface area (Å²) in [5.74, 6) is 1.45. The van der Waals surface area contributed by atoms with Crippen LogP contribution in [0.1, 0.15) is 31.2 Å². The summed E-state index contributed by atoms with van der Waals surface area (Å²) in [7, 11) is 3.21. The van der Waals surface area contributed by atoms with Crippen LogP contribution in [0.15, 0.2) is 24.3 Å². The Morgan fingerprint density at radius 3 is 2.33 bits per heavy atom. The minimum atomic E-state index is 0.0895. The highest BCUT2D eigenvalue weighted by Crippen LogP contribution is 2.28. The molecule has 0 N–H and O–H groups in total. The smallest absolute Gasteiger partial charge is 0.246 e. The average Bonchev–Trinajstić information content (AvgIpc) is 2.81. The first-order chi connectivity index (χ1) is 10.2. The van der Waals surface area contributed by atoms with E-state index in [4.69, 9.17) is 9.47 Å². The normalized spacial score (nSPS) is 15.8. The standard InChI is InChI=1S/C17H23NO3/c1-20-15-9-7-14(13-16(15)21-2)8-10-17(19)18-11-5-3-4-6-12-18/h7-10,13H,3-6,11-12H2,1-2H3. The number of ether oxygens (including phenoxy) is 2. The molecule has 21 heavy (non-hydrogen) atoms. The van der Waals surface area contributed by atoms with Gasteiger partial charge in [0.25, 0.3) is 0 Å². The molecule has 0 saturated carbocycles. The third-order valence-electron chi connectivity index (χ3n) is 3.74. The molecule has 4 nitrogen and oxygen atoms in total. The highest BCUT2D eigenvalue weighted by Gasteiger charge is 2.12. The van der Waals surface area contributed by atoms with Crippen molar-refractivity contribution in [1.29, 1.82) is 0 Å². The van der Waals surface area contributed by atoms with Crippen molar-refractivity contribution in [2.75, 3.05) is 27.3 Å². The highest BCUT2D eigenvalue weighted by atomic mass is 16.5. The number of carbonyl (C=O) groups is 1. The van der Waals surface area contributed by atoms with Crippen molar-refractivity contribution in [3.8, 4) is 11.5 Å². The van der Waals surface area contributed by atoms with Crippen LogP contribution in [0, 0.1) is 0 Å². The van der Waals surface area contributed by atoms with Gasteiger partial charge < -0.3 is 14.4 Å². The number of amides is 1. The largest absolute Gasteiger partial charge is 0.493 e. The quantitative estimate of drug-likeness (QED) is 0.799. The second kappa shape index (κ2) is 7.72. The predicted octanol–water partition coefficient (Wildman–Crippen LogP) is 3.12. The predicted molar refractivity (Wildman–Crippen MR) is 83.6 cm³/mol. The van der Waals surface area contributed by atoms with E-state index in [1.165, 1.54) is 12.8 Å². The molecular weight excluding hydrogens is 266 g/mol. The Labute approximate surface area is 126 Å². The van der Waals surface area contributed by atoms with Gasteiger partial charge in [-0.05, 0) is 36.6 Å². The Morgan fingerprint density at radius 1 is 1.05 bits per heavy atom. The first kappa shape index (κ1) is 15.4. The number of carbonyl (C=O) groups excluding carboxylic acids is 1. The SMILES string of the molecule is COc1ccc(C=CC(=O)N2CCCCCC2)cc1OC. The van der Waals surface area contributed by atoms with Gasteiger partial charge in [-0.15, -0.1) is 0 Å². The second-order valence-corrected chi connectivity index (χ2v) is 5.19. The lowest BCUT2D eigenvalue weighted by atomic mass is 10.2. The third kappa shape index (κ3) is 4.25. The zero-order valence-corrected chi connectivity index (χ0v) is 12.8. The van der Waals surface area contributed by atoms with E-state index in [1.807, 2.05) is 29.2 Å². The number of benzene rings is 1. The summed E-state index contributed by atoms with van der Waals surface area (Å²) in [6.07, 6.45) is 8.14. The van der Waals surface area contributed by atoms with Crippen molar-refractivity contribution in [3.05, 3.63) is 29.8 Å². The molecule has 4 heteroatoms. The van der Waals surface area contributed by atoms with Crippen LogP contribution >= 0.6 is 0 Å². The van der Waals surface area contributed by atoms with Gasteiger partial charge in [0.2, 0.25) is 5.91 Å². The number of hydrogen-bond acceptors (Lipinski definition) is 3. The summed E-state index contributed by atoms with van der Waals surface area (Å²) in [5, 5.41) is 0. The Morgan fingerprint density at radius 2 is 1.71 bits per heavy atom. The van der Waals surface area contributed by atoms with Crippen LogP contribution in [-0.2, 0) is 4.79 Å². The van der Waals surface area contributed by atoms with Crippen molar-refractivity contribution in [1.82, 2.24) is 4.90 Å². The maximum Gasteiger partial charge on any atom is 0.246 e. The molecule has 1 aromatic carbocycles. The maximum atomic E-state index is 12.2. The van der Waals surface area contributed by atoms with Gasteiger partial charge in [-0.3, -0.25) is 4.79 Å². The molecule has 2 rings (SSSR count). The van der Waals surface area contributed by atoms with E-state index in [0.29, 0.717) is 11.5 Å². The fourth-order valence-electron chi connectivity index (χ4n) is 2.52. The number of nitrogens with zero attached hydrogens (tertiary/aromatic N) is 1. The Kier molecular flexibility index (Phi) is 5.67. The zero-order chi connectivity index (χ0) is 15.1. The van der Waals surface area contributed by atoms with E-state index in [1.54, 1.807) is 20.3 Å². The maximum absolute atomic E-state index is 12.2. The fraction of sp³-hybridized carbons (Fsp3) is 0.471. The van der Waals surface area contributed by atoms with Gasteiger partial charge in [-0.25, -0.2) is 0 Å². The zero-order valence-electron chi connectivity index (χ0n) is 12.8. The van der Waals surface area contributed by atoms with E-state index in [9.17, 15) is 4.79 Å². The summed E-state index contributed by atoms with van der Waals surface area (Å²) in [5.41, 5.74) is 0.927. The molecule has 0 spiro atoms. The molecule has 0 aromatic heterocycles. The van der Waals surface area contributed by atoms with Crippen LogP contribution in [-0.4, -0.2) is 38.1 Å². The van der Waals surface area contributed by atoms with Crippen LogP contribution in [0.25, 0.3) is 6.08 Å². The van der Waals surface area contributed by atoms with Crippen LogP contribution in [0.2, 0.25) is 0 Å². The van der Waals surface area contributed by atoms with Gasteiger partial charge in [-0.1, -0.05) is 18.9 Å². The lowest BCUT2D eigenvalue weighted by Crippen LogP contribution is -2.30. The van der Waals surface area contributed by atoms with Gasteiger partial charge in [0.05, 0.1) is 14.2 Å². The molecule has 0 radical (unpaired) electrons. The van der Waals surface area contributed by atoms with E-state index in [2.05, 4.69) is 0 Å². The van der Waals surface area contributed by atoms with Crippen LogP contribution in [0.4, 0.5) is 0 Å². The third-order valence-corrected chi connectivity index (χ3v) is 3.74. The lowest BCUT2D eigenvalue weighted by Gasteiger charge is -2.18. The summed E-state index contributed by atoms with van der Waals surface area (Å²) in [6.45, 7) is 1.74. The molecular formula is C17H23NO3. The van der Waals surface area contributed by atoms with E-state index >= 15 is 0 Å². The van der Waals surface area contributed by atoms with Crippen molar-refractivity contribution < 1.29 is 14.3 Å². The van der Waals surface area contributed by atoms with Gasteiger partial charge >= 0.3 is 0 Å². The minimum absolute atomic E-state index is 0.0895. The lowest BCUT2D eigenvalue weighted by molar-refractivity contribution is -0.125. The number of rotatable bonds is 4. The van der Waals surface area contributed by atoms with Crippen LogP contribution in [0.5, 0.6) is 11.5 Å². The molecule has 114 valence electrons. The minimum Gasteiger partial charge on any atom is -0.493 e. The second-order valence-electron chi connectivity index (χ2n) is 5.19. The highest BCUT2D eigenvalue weighted by molar-refractivity contribution is 5.91. The van der Waals surface area contributed by atoms with Gasteiger partial charge in [0.15, 0.2) is 11.5 Å². The van der Waals surface area contributed by atoms with E-state index < -0.39 is 0 Å². The van der Waals surface area contributed by atoms with Gasteiger partial charge in [-0.2, -0.15) is 0 Å². The first-order valence-corrected chi connectivity index (χ1v) is 7.43. The molecule has 1 saturated heterocycles. The number of hydrogen-bond donors (Lipinski definition) is 0. The molecule has 0 atom stereocenters. The molecule has 0 unspecified atom stereocenters. The van der Waals surface area contributed by atoms with Crippen LogP contribution in [0.3, 0.4) is 0 Å². The molecule has 0 aliphatic carbocycles. The Hall–Kier alpha value is -1.97. The molecule has 1 aliphatic heterocycles. The molecule has 1 amide bonds. The van der Waals surface area contributed by atoms with Crippen molar-refractivity contribution >= 4 is 12.0 Å².